The van der Waals surface area contributed by atoms with Crippen LogP contribution in [0.15, 0.2) is 0 Å². The fourth-order valence-corrected chi connectivity index (χ4v) is 2.29. The maximum absolute atomic E-state index is 11.8. The zero-order chi connectivity index (χ0) is 18.4. The van der Waals surface area contributed by atoms with Crippen LogP contribution in [0, 0.1) is 11.8 Å². The molecule has 0 amide bonds. The molecule has 0 aromatic carbocycles. The van der Waals surface area contributed by atoms with E-state index >= 15 is 0 Å². The highest BCUT2D eigenvalue weighted by Gasteiger charge is 2.46. The van der Waals surface area contributed by atoms with Crippen molar-refractivity contribution in [2.75, 3.05) is 6.61 Å². The fourth-order valence-electron chi connectivity index (χ4n) is 2.29. The van der Waals surface area contributed by atoms with E-state index in [1.165, 1.54) is 0 Å². The molecular formula is C16H28O8. The summed E-state index contributed by atoms with van der Waals surface area (Å²) < 4.78 is 15.1. The number of carbonyl (C=O) groups is 2. The van der Waals surface area contributed by atoms with Gasteiger partial charge in [0.15, 0.2) is 12.4 Å². The molecule has 1 fully saturated rings. The molecule has 0 aromatic heterocycles. The zero-order valence-electron chi connectivity index (χ0n) is 14.5. The van der Waals surface area contributed by atoms with Crippen LogP contribution in [-0.4, -0.2) is 64.6 Å². The second kappa shape index (κ2) is 9.31. The molecule has 0 bridgehead atoms. The van der Waals surface area contributed by atoms with E-state index in [2.05, 4.69) is 0 Å². The van der Waals surface area contributed by atoms with Crippen molar-refractivity contribution in [2.24, 2.45) is 11.8 Å². The van der Waals surface area contributed by atoms with Gasteiger partial charge in [-0.3, -0.25) is 9.59 Å². The molecule has 0 radical (unpaired) electrons. The van der Waals surface area contributed by atoms with E-state index in [0.29, 0.717) is 0 Å². The van der Waals surface area contributed by atoms with Crippen LogP contribution in [0.4, 0.5) is 0 Å². The molecule has 0 unspecified atom stereocenters. The van der Waals surface area contributed by atoms with E-state index in [-0.39, 0.29) is 31.3 Å². The van der Waals surface area contributed by atoms with Gasteiger partial charge in [-0.05, 0) is 11.8 Å². The molecule has 3 N–H and O–H groups in total. The summed E-state index contributed by atoms with van der Waals surface area (Å²) in [6.45, 7) is 7.05. The Balaban J connectivity index is 2.65. The molecule has 1 heterocycles. The molecule has 140 valence electrons. The molecule has 1 aliphatic rings. The smallest absolute Gasteiger partial charge is 0.306 e. The van der Waals surface area contributed by atoms with E-state index < -0.39 is 42.6 Å². The van der Waals surface area contributed by atoms with Crippen LogP contribution in [0.3, 0.4) is 0 Å². The van der Waals surface area contributed by atoms with E-state index in [1.807, 2.05) is 27.7 Å². The van der Waals surface area contributed by atoms with E-state index in [0.717, 1.165) is 0 Å². The lowest BCUT2D eigenvalue weighted by Crippen LogP contribution is -2.60. The molecular weight excluding hydrogens is 320 g/mol. The van der Waals surface area contributed by atoms with Gasteiger partial charge in [0.25, 0.3) is 0 Å². The Labute approximate surface area is 141 Å². The van der Waals surface area contributed by atoms with Crippen molar-refractivity contribution >= 4 is 11.9 Å². The highest BCUT2D eigenvalue weighted by Crippen LogP contribution is 2.24. The summed E-state index contributed by atoms with van der Waals surface area (Å²) in [6, 6.07) is 0. The van der Waals surface area contributed by atoms with Crippen LogP contribution in [0.25, 0.3) is 0 Å². The van der Waals surface area contributed by atoms with E-state index in [9.17, 15) is 24.9 Å². The Morgan fingerprint density at radius 2 is 1.50 bits per heavy atom. The first-order valence-electron chi connectivity index (χ1n) is 8.16. The van der Waals surface area contributed by atoms with Crippen LogP contribution in [-0.2, 0) is 23.8 Å². The lowest BCUT2D eigenvalue weighted by atomic mass is 9.99. The largest absolute Gasteiger partial charge is 0.463 e. The number of esters is 2. The zero-order valence-corrected chi connectivity index (χ0v) is 14.5. The molecule has 0 aromatic rings. The Bertz CT molecular complexity index is 422. The third-order valence-electron chi connectivity index (χ3n) is 3.49. The normalized spacial score (nSPS) is 30.5. The predicted molar refractivity (Wildman–Crippen MR) is 82.6 cm³/mol. The number of hydrogen-bond acceptors (Lipinski definition) is 8. The summed E-state index contributed by atoms with van der Waals surface area (Å²) in [7, 11) is 0. The monoisotopic (exact) mass is 348 g/mol. The Morgan fingerprint density at radius 1 is 0.958 bits per heavy atom. The molecule has 24 heavy (non-hydrogen) atoms. The Morgan fingerprint density at radius 3 is 2.04 bits per heavy atom. The molecule has 1 rings (SSSR count). The summed E-state index contributed by atoms with van der Waals surface area (Å²) in [5.41, 5.74) is 0. The van der Waals surface area contributed by atoms with Gasteiger partial charge in [-0.15, -0.1) is 0 Å². The van der Waals surface area contributed by atoms with Crippen molar-refractivity contribution in [2.45, 2.75) is 71.2 Å². The first-order chi connectivity index (χ1) is 11.1. The van der Waals surface area contributed by atoms with Gasteiger partial charge < -0.3 is 29.5 Å². The number of aliphatic hydroxyl groups excluding tert-OH is 3. The van der Waals surface area contributed by atoms with E-state index in [1.54, 1.807) is 0 Å². The Kier molecular flexibility index (Phi) is 8.08. The summed E-state index contributed by atoms with van der Waals surface area (Å²) in [4.78, 5) is 23.3. The molecule has 8 nitrogen and oxygen atoms in total. The van der Waals surface area contributed by atoms with Gasteiger partial charge in [-0.1, -0.05) is 27.7 Å². The van der Waals surface area contributed by atoms with Crippen LogP contribution in [0.2, 0.25) is 0 Å². The van der Waals surface area contributed by atoms with Gasteiger partial charge in [0, 0.05) is 12.8 Å². The standard InChI is InChI=1S/C16H28O8/c1-8(2)5-11(17)22-7-10-13(19)15(14(20)16(21)23-10)24-12(18)6-9(3)4/h8-10,13-16,19-21H,5-7H2,1-4H3/t10-,13-,14-,15+,16-/m1/s1. The molecule has 0 aliphatic carbocycles. The maximum Gasteiger partial charge on any atom is 0.306 e. The molecule has 8 heteroatoms. The van der Waals surface area contributed by atoms with Crippen molar-refractivity contribution < 1.29 is 39.1 Å². The van der Waals surface area contributed by atoms with Crippen molar-refractivity contribution in [3.8, 4) is 0 Å². The van der Waals surface area contributed by atoms with Crippen molar-refractivity contribution in [3.63, 3.8) is 0 Å². The first-order valence-corrected chi connectivity index (χ1v) is 8.16. The van der Waals surface area contributed by atoms with Gasteiger partial charge in [0.2, 0.25) is 0 Å². The first kappa shape index (κ1) is 20.8. The summed E-state index contributed by atoms with van der Waals surface area (Å²) in [6.07, 6.45) is -6.80. The van der Waals surface area contributed by atoms with Crippen LogP contribution < -0.4 is 0 Å². The minimum Gasteiger partial charge on any atom is -0.463 e. The second-order valence-electron chi connectivity index (χ2n) is 6.88. The minimum absolute atomic E-state index is 0.0457. The van der Waals surface area contributed by atoms with Crippen molar-refractivity contribution in [1.29, 1.82) is 0 Å². The third-order valence-corrected chi connectivity index (χ3v) is 3.49. The van der Waals surface area contributed by atoms with Crippen LogP contribution >= 0.6 is 0 Å². The SMILES string of the molecule is CC(C)CC(=O)OC[C@H]1O[C@@H](O)[C@H](O)[C@@H](OC(=O)CC(C)C)[C@@H]1O. The average Bonchev–Trinajstić information content (AvgIpc) is 2.44. The van der Waals surface area contributed by atoms with Gasteiger partial charge in [-0.2, -0.15) is 0 Å². The highest BCUT2D eigenvalue weighted by atomic mass is 16.7. The summed E-state index contributed by atoms with van der Waals surface area (Å²) in [5.74, 6) is -0.899. The number of carbonyl (C=O) groups excluding carboxylic acids is 2. The van der Waals surface area contributed by atoms with Gasteiger partial charge in [0.1, 0.15) is 24.9 Å². The topological polar surface area (TPSA) is 123 Å². The van der Waals surface area contributed by atoms with Gasteiger partial charge in [0.05, 0.1) is 0 Å². The van der Waals surface area contributed by atoms with Crippen LogP contribution in [0.5, 0.6) is 0 Å². The molecule has 1 saturated heterocycles. The summed E-state index contributed by atoms with van der Waals surface area (Å²) in [5, 5.41) is 29.8. The van der Waals surface area contributed by atoms with Crippen molar-refractivity contribution in [3.05, 3.63) is 0 Å². The van der Waals surface area contributed by atoms with Gasteiger partial charge in [-0.25, -0.2) is 0 Å². The molecule has 1 aliphatic heterocycles. The quantitative estimate of drug-likeness (QED) is 0.548. The molecule has 0 saturated carbocycles. The predicted octanol–water partition coefficient (Wildman–Crippen LogP) is -0.0274. The third kappa shape index (κ3) is 6.35. The average molecular weight is 348 g/mol. The van der Waals surface area contributed by atoms with Crippen LogP contribution in [0.1, 0.15) is 40.5 Å². The number of rotatable bonds is 7. The second-order valence-corrected chi connectivity index (χ2v) is 6.88. The number of ether oxygens (including phenoxy) is 3. The Hall–Kier alpha value is -1.22. The maximum atomic E-state index is 11.8. The summed E-state index contributed by atoms with van der Waals surface area (Å²) >= 11 is 0. The number of hydrogen-bond donors (Lipinski definition) is 3. The minimum atomic E-state index is -1.65. The number of aliphatic hydroxyl groups is 3. The van der Waals surface area contributed by atoms with E-state index in [4.69, 9.17) is 14.2 Å². The molecule has 0 spiro atoms. The lowest BCUT2D eigenvalue weighted by Gasteiger charge is -2.39. The fraction of sp³-hybridized carbons (Fsp3) is 0.875. The molecule has 5 atom stereocenters. The van der Waals surface area contributed by atoms with Crippen molar-refractivity contribution in [1.82, 2.24) is 0 Å². The lowest BCUT2D eigenvalue weighted by molar-refractivity contribution is -0.290. The van der Waals surface area contributed by atoms with Gasteiger partial charge >= 0.3 is 11.9 Å². The highest BCUT2D eigenvalue weighted by molar-refractivity contribution is 5.70.